The Bertz CT molecular complexity index is 986. The molecule has 0 bridgehead atoms. The molecule has 0 aliphatic rings. The molecule has 0 amide bonds. The number of nitrogens with zero attached hydrogens (tertiary/aromatic N) is 2. The fourth-order valence-electron chi connectivity index (χ4n) is 2.92. The molecule has 0 atom stereocenters. The quantitative estimate of drug-likeness (QED) is 0.457. The summed E-state index contributed by atoms with van der Waals surface area (Å²) >= 11 is 0. The average Bonchev–Trinajstić information content (AvgIpc) is 3.27. The molecular weight excluding hydrogens is 348 g/mol. The van der Waals surface area contributed by atoms with Crippen LogP contribution in [0, 0.1) is 0 Å². The number of hydrogen-bond acceptors (Lipinski definition) is 5. The van der Waals surface area contributed by atoms with Crippen LogP contribution in [-0.4, -0.2) is 16.5 Å². The van der Waals surface area contributed by atoms with Crippen LogP contribution < -0.4 is 10.6 Å². The first kappa shape index (κ1) is 17.8. The molecule has 0 aliphatic carbocycles. The maximum absolute atomic E-state index is 5.39. The topological polar surface area (TPSA) is 63.0 Å². The van der Waals surface area contributed by atoms with Gasteiger partial charge in [0.25, 0.3) is 0 Å². The number of hydrogen-bond donors (Lipinski definition) is 2. The van der Waals surface area contributed by atoms with Gasteiger partial charge in [0.2, 0.25) is 0 Å². The number of benzene rings is 2. The molecular formula is C23H22N4O. The van der Waals surface area contributed by atoms with Crippen molar-refractivity contribution >= 4 is 11.6 Å². The fourth-order valence-corrected chi connectivity index (χ4v) is 2.92. The Kier molecular flexibility index (Phi) is 5.63. The summed E-state index contributed by atoms with van der Waals surface area (Å²) in [5.74, 6) is 3.10. The van der Waals surface area contributed by atoms with E-state index in [4.69, 9.17) is 9.40 Å². The van der Waals surface area contributed by atoms with Crippen LogP contribution in [0.3, 0.4) is 0 Å². The van der Waals surface area contributed by atoms with Crippen LogP contribution in [0.25, 0.3) is 11.4 Å². The number of rotatable bonds is 8. The first-order valence-electron chi connectivity index (χ1n) is 9.35. The summed E-state index contributed by atoms with van der Waals surface area (Å²) in [6, 6.07) is 26.2. The second-order valence-corrected chi connectivity index (χ2v) is 6.42. The van der Waals surface area contributed by atoms with Gasteiger partial charge in [0.15, 0.2) is 5.82 Å². The van der Waals surface area contributed by atoms with Gasteiger partial charge in [-0.1, -0.05) is 60.7 Å². The van der Waals surface area contributed by atoms with E-state index < -0.39 is 0 Å². The van der Waals surface area contributed by atoms with Crippen molar-refractivity contribution in [2.45, 2.75) is 13.0 Å². The number of nitrogens with one attached hydrogen (secondary N) is 2. The largest absolute Gasteiger partial charge is 0.467 e. The fraction of sp³-hybridized carbons (Fsp3) is 0.130. The third kappa shape index (κ3) is 4.76. The Balaban J connectivity index is 1.51. The second kappa shape index (κ2) is 8.86. The molecule has 0 aliphatic heterocycles. The third-order valence-corrected chi connectivity index (χ3v) is 4.34. The summed E-state index contributed by atoms with van der Waals surface area (Å²) in [5, 5.41) is 6.74. The van der Waals surface area contributed by atoms with E-state index >= 15 is 0 Å². The van der Waals surface area contributed by atoms with Gasteiger partial charge in [-0.05, 0) is 24.1 Å². The summed E-state index contributed by atoms with van der Waals surface area (Å²) in [5.41, 5.74) is 2.28. The van der Waals surface area contributed by atoms with Crippen LogP contribution >= 0.6 is 0 Å². The molecule has 0 unspecified atom stereocenters. The lowest BCUT2D eigenvalue weighted by atomic mass is 10.1. The van der Waals surface area contributed by atoms with Crippen LogP contribution in [0.1, 0.15) is 11.3 Å². The molecule has 0 saturated heterocycles. The Morgan fingerprint density at radius 2 is 1.46 bits per heavy atom. The van der Waals surface area contributed by atoms with Gasteiger partial charge in [-0.25, -0.2) is 9.97 Å². The molecule has 0 spiro atoms. The molecule has 2 aromatic heterocycles. The normalized spacial score (nSPS) is 10.6. The maximum atomic E-state index is 5.39. The number of furan rings is 1. The van der Waals surface area contributed by atoms with Crippen molar-refractivity contribution in [3.05, 3.63) is 96.4 Å². The van der Waals surface area contributed by atoms with Gasteiger partial charge in [0.1, 0.15) is 17.4 Å². The van der Waals surface area contributed by atoms with Crippen LogP contribution in [0.15, 0.2) is 89.5 Å². The van der Waals surface area contributed by atoms with Crippen molar-refractivity contribution in [2.24, 2.45) is 0 Å². The minimum atomic E-state index is 0.571. The summed E-state index contributed by atoms with van der Waals surface area (Å²) in [6.07, 6.45) is 2.60. The average molecular weight is 370 g/mol. The van der Waals surface area contributed by atoms with Crippen LogP contribution in [0.5, 0.6) is 0 Å². The summed E-state index contributed by atoms with van der Waals surface area (Å²) < 4.78 is 5.39. The van der Waals surface area contributed by atoms with Gasteiger partial charge in [-0.15, -0.1) is 0 Å². The summed E-state index contributed by atoms with van der Waals surface area (Å²) in [4.78, 5) is 9.36. The molecule has 28 heavy (non-hydrogen) atoms. The zero-order valence-electron chi connectivity index (χ0n) is 15.5. The molecule has 0 saturated carbocycles. The van der Waals surface area contributed by atoms with Crippen molar-refractivity contribution in [3.63, 3.8) is 0 Å². The van der Waals surface area contributed by atoms with Crippen molar-refractivity contribution in [1.29, 1.82) is 0 Å². The molecule has 5 nitrogen and oxygen atoms in total. The summed E-state index contributed by atoms with van der Waals surface area (Å²) in [7, 11) is 0. The molecule has 2 heterocycles. The standard InChI is InChI=1S/C23H22N4O/c1-3-8-18(9-4-1)13-14-24-21-16-22(25-17-20-12-7-15-28-20)27-23(26-21)19-10-5-2-6-11-19/h1-12,15-16H,13-14,17H2,(H2,24,25,26,27). The molecule has 140 valence electrons. The SMILES string of the molecule is c1ccc(CCNc2cc(NCc3ccco3)nc(-c3ccccc3)n2)cc1. The highest BCUT2D eigenvalue weighted by atomic mass is 16.3. The van der Waals surface area contributed by atoms with E-state index in [0.29, 0.717) is 12.4 Å². The van der Waals surface area contributed by atoms with E-state index in [0.717, 1.165) is 35.9 Å². The smallest absolute Gasteiger partial charge is 0.163 e. The van der Waals surface area contributed by atoms with Crippen molar-refractivity contribution < 1.29 is 4.42 Å². The van der Waals surface area contributed by atoms with Gasteiger partial charge < -0.3 is 15.1 Å². The molecule has 0 fully saturated rings. The second-order valence-electron chi connectivity index (χ2n) is 6.42. The first-order valence-corrected chi connectivity index (χ1v) is 9.35. The highest BCUT2D eigenvalue weighted by Crippen LogP contribution is 2.20. The molecule has 0 radical (unpaired) electrons. The van der Waals surface area contributed by atoms with Gasteiger partial charge in [-0.2, -0.15) is 0 Å². The third-order valence-electron chi connectivity index (χ3n) is 4.34. The van der Waals surface area contributed by atoms with Gasteiger partial charge in [0, 0.05) is 18.2 Å². The minimum Gasteiger partial charge on any atom is -0.467 e. The van der Waals surface area contributed by atoms with E-state index in [1.807, 2.05) is 54.6 Å². The Morgan fingerprint density at radius 3 is 2.18 bits per heavy atom. The van der Waals surface area contributed by atoms with Crippen LogP contribution in [-0.2, 0) is 13.0 Å². The van der Waals surface area contributed by atoms with Crippen LogP contribution in [0.2, 0.25) is 0 Å². The predicted molar refractivity (Wildman–Crippen MR) is 112 cm³/mol. The molecule has 2 aromatic carbocycles. The molecule has 2 N–H and O–H groups in total. The highest BCUT2D eigenvalue weighted by Gasteiger charge is 2.07. The zero-order valence-corrected chi connectivity index (χ0v) is 15.5. The Hall–Kier alpha value is -3.60. The van der Waals surface area contributed by atoms with E-state index in [2.05, 4.69) is 39.9 Å². The predicted octanol–water partition coefficient (Wildman–Crippen LogP) is 5.00. The number of aromatic nitrogens is 2. The number of anilines is 2. The lowest BCUT2D eigenvalue weighted by Gasteiger charge is -2.11. The van der Waals surface area contributed by atoms with Crippen molar-refractivity contribution in [1.82, 2.24) is 9.97 Å². The highest BCUT2D eigenvalue weighted by molar-refractivity contribution is 5.61. The monoisotopic (exact) mass is 370 g/mol. The van der Waals surface area contributed by atoms with Gasteiger partial charge in [0.05, 0.1) is 12.8 Å². The van der Waals surface area contributed by atoms with Crippen molar-refractivity contribution in [2.75, 3.05) is 17.2 Å². The van der Waals surface area contributed by atoms with E-state index in [1.165, 1.54) is 5.56 Å². The van der Waals surface area contributed by atoms with Gasteiger partial charge >= 0.3 is 0 Å². The Labute approximate surface area is 164 Å². The lowest BCUT2D eigenvalue weighted by Crippen LogP contribution is -2.09. The molecule has 5 heteroatoms. The van der Waals surface area contributed by atoms with Crippen LogP contribution in [0.4, 0.5) is 11.6 Å². The first-order chi connectivity index (χ1) is 13.9. The van der Waals surface area contributed by atoms with Gasteiger partial charge in [-0.3, -0.25) is 0 Å². The maximum Gasteiger partial charge on any atom is 0.163 e. The minimum absolute atomic E-state index is 0.571. The van der Waals surface area contributed by atoms with E-state index in [9.17, 15) is 0 Å². The van der Waals surface area contributed by atoms with E-state index in [1.54, 1.807) is 6.26 Å². The lowest BCUT2D eigenvalue weighted by molar-refractivity contribution is 0.518. The summed E-state index contributed by atoms with van der Waals surface area (Å²) in [6.45, 7) is 1.37. The van der Waals surface area contributed by atoms with Crippen molar-refractivity contribution in [3.8, 4) is 11.4 Å². The molecule has 4 aromatic rings. The van der Waals surface area contributed by atoms with E-state index in [-0.39, 0.29) is 0 Å². The molecule has 4 rings (SSSR count). The Morgan fingerprint density at radius 1 is 0.750 bits per heavy atom. The zero-order chi connectivity index (χ0) is 19.0.